The van der Waals surface area contributed by atoms with Crippen LogP contribution in [0.3, 0.4) is 0 Å². The first-order valence-corrected chi connectivity index (χ1v) is 9.81. The molecule has 156 valence electrons. The maximum absolute atomic E-state index is 12.0. The summed E-state index contributed by atoms with van der Waals surface area (Å²) in [5.74, 6) is -1.03. The van der Waals surface area contributed by atoms with E-state index in [9.17, 15) is 19.2 Å². The molecule has 0 bridgehead atoms. The van der Waals surface area contributed by atoms with Gasteiger partial charge in [-0.05, 0) is 25.3 Å². The van der Waals surface area contributed by atoms with Gasteiger partial charge in [0.1, 0.15) is 5.78 Å². The van der Waals surface area contributed by atoms with Crippen molar-refractivity contribution in [3.05, 3.63) is 35.9 Å². The van der Waals surface area contributed by atoms with Crippen molar-refractivity contribution in [1.82, 2.24) is 10.2 Å². The van der Waals surface area contributed by atoms with E-state index in [4.69, 9.17) is 0 Å². The number of benzene rings is 1. The van der Waals surface area contributed by atoms with Gasteiger partial charge in [0, 0.05) is 20.5 Å². The predicted molar refractivity (Wildman–Crippen MR) is 111 cm³/mol. The molecular formula is C22H34N2O4. The van der Waals surface area contributed by atoms with Gasteiger partial charge in [0.05, 0.1) is 12.5 Å². The van der Waals surface area contributed by atoms with Gasteiger partial charge in [0.2, 0.25) is 11.7 Å². The summed E-state index contributed by atoms with van der Waals surface area (Å²) in [5.41, 5.74) is 1.12. The van der Waals surface area contributed by atoms with E-state index in [0.717, 1.165) is 24.8 Å². The van der Waals surface area contributed by atoms with E-state index in [1.807, 2.05) is 51.4 Å². The lowest BCUT2D eigenvalue weighted by Crippen LogP contribution is -2.34. The third kappa shape index (κ3) is 10.6. The molecule has 0 spiro atoms. The van der Waals surface area contributed by atoms with Gasteiger partial charge in [-0.2, -0.15) is 0 Å². The van der Waals surface area contributed by atoms with Crippen LogP contribution < -0.4 is 5.32 Å². The van der Waals surface area contributed by atoms with Crippen LogP contribution in [0.15, 0.2) is 30.3 Å². The Kier molecular flexibility index (Phi) is 13.2. The third-order valence-electron chi connectivity index (χ3n) is 4.03. The molecule has 0 aromatic heterocycles. The third-order valence-corrected chi connectivity index (χ3v) is 4.03. The first kappa shape index (κ1) is 25.5. The van der Waals surface area contributed by atoms with E-state index in [0.29, 0.717) is 6.42 Å². The Labute approximate surface area is 168 Å². The summed E-state index contributed by atoms with van der Waals surface area (Å²) in [6, 6.07) is 10.0. The van der Waals surface area contributed by atoms with Crippen LogP contribution >= 0.6 is 0 Å². The number of Topliss-reactive ketones (excluding diaryl/α,β-unsaturated/α-hetero) is 2. The van der Waals surface area contributed by atoms with Crippen LogP contribution in [-0.2, 0) is 19.2 Å². The fourth-order valence-electron chi connectivity index (χ4n) is 2.47. The number of unbranched alkanes of at least 4 members (excludes halogenated alkanes) is 1. The summed E-state index contributed by atoms with van der Waals surface area (Å²) in [6.07, 6.45) is 3.80. The lowest BCUT2D eigenvalue weighted by atomic mass is 9.93. The normalized spacial score (nSPS) is 10.9. The number of ketones is 2. The largest absolute Gasteiger partial charge is 0.348 e. The SMILES string of the molecule is CCCC(C(=O)N(C)C)c1ccccc1.CCCCC(=O)C(=O)NCC(C)=O. The van der Waals surface area contributed by atoms with Gasteiger partial charge >= 0.3 is 0 Å². The van der Waals surface area contributed by atoms with Gasteiger partial charge in [-0.3, -0.25) is 19.2 Å². The summed E-state index contributed by atoms with van der Waals surface area (Å²) < 4.78 is 0. The zero-order chi connectivity index (χ0) is 21.5. The zero-order valence-electron chi connectivity index (χ0n) is 17.8. The monoisotopic (exact) mass is 390 g/mol. The number of carbonyl (C=O) groups excluding carboxylic acids is 4. The highest BCUT2D eigenvalue weighted by Gasteiger charge is 2.20. The molecule has 0 aliphatic carbocycles. The van der Waals surface area contributed by atoms with Gasteiger partial charge in [-0.25, -0.2) is 0 Å². The fourth-order valence-corrected chi connectivity index (χ4v) is 2.47. The zero-order valence-corrected chi connectivity index (χ0v) is 17.8. The number of nitrogens with zero attached hydrogens (tertiary/aromatic N) is 1. The van der Waals surface area contributed by atoms with Crippen LogP contribution in [0.2, 0.25) is 0 Å². The highest BCUT2D eigenvalue weighted by molar-refractivity contribution is 6.36. The Morgan fingerprint density at radius 1 is 1.00 bits per heavy atom. The minimum Gasteiger partial charge on any atom is -0.348 e. The predicted octanol–water partition coefficient (Wildman–Crippen LogP) is 3.11. The first-order valence-electron chi connectivity index (χ1n) is 9.81. The van der Waals surface area contributed by atoms with Gasteiger partial charge in [0.15, 0.2) is 0 Å². The van der Waals surface area contributed by atoms with Crippen molar-refractivity contribution in [3.8, 4) is 0 Å². The first-order chi connectivity index (χ1) is 13.2. The molecular weight excluding hydrogens is 356 g/mol. The van der Waals surface area contributed by atoms with E-state index in [-0.39, 0.29) is 30.6 Å². The number of hydrogen-bond donors (Lipinski definition) is 1. The van der Waals surface area contributed by atoms with Crippen molar-refractivity contribution in [2.75, 3.05) is 20.6 Å². The maximum Gasteiger partial charge on any atom is 0.287 e. The number of rotatable bonds is 10. The minimum atomic E-state index is -0.649. The molecule has 0 saturated carbocycles. The van der Waals surface area contributed by atoms with E-state index >= 15 is 0 Å². The van der Waals surface area contributed by atoms with Crippen molar-refractivity contribution < 1.29 is 19.2 Å². The van der Waals surface area contributed by atoms with Crippen molar-refractivity contribution >= 4 is 23.4 Å². The summed E-state index contributed by atoms with van der Waals surface area (Å²) in [6.45, 7) is 5.35. The van der Waals surface area contributed by atoms with Crippen molar-refractivity contribution in [2.24, 2.45) is 0 Å². The second kappa shape index (κ2) is 14.5. The second-order valence-electron chi connectivity index (χ2n) is 6.90. The fraction of sp³-hybridized carbons (Fsp3) is 0.545. The van der Waals surface area contributed by atoms with Crippen LogP contribution in [0.25, 0.3) is 0 Å². The van der Waals surface area contributed by atoms with Gasteiger partial charge in [0.25, 0.3) is 5.91 Å². The average molecular weight is 391 g/mol. The molecule has 1 rings (SSSR count). The molecule has 1 N–H and O–H groups in total. The number of amides is 2. The Balaban J connectivity index is 0.000000528. The lowest BCUT2D eigenvalue weighted by Gasteiger charge is -2.20. The number of nitrogens with one attached hydrogen (secondary N) is 1. The Bertz CT molecular complexity index is 627. The molecule has 0 aliphatic rings. The molecule has 0 heterocycles. The topological polar surface area (TPSA) is 83.6 Å². The maximum atomic E-state index is 12.0. The molecule has 28 heavy (non-hydrogen) atoms. The Morgan fingerprint density at radius 3 is 2.07 bits per heavy atom. The van der Waals surface area contributed by atoms with Gasteiger partial charge in [-0.1, -0.05) is 57.0 Å². The van der Waals surface area contributed by atoms with Crippen molar-refractivity contribution in [3.63, 3.8) is 0 Å². The summed E-state index contributed by atoms with van der Waals surface area (Å²) in [5, 5.41) is 2.25. The van der Waals surface area contributed by atoms with E-state index in [1.54, 1.807) is 4.90 Å². The van der Waals surface area contributed by atoms with E-state index in [1.165, 1.54) is 6.92 Å². The molecule has 2 amide bonds. The Hall–Kier alpha value is -2.50. The van der Waals surface area contributed by atoms with Crippen LogP contribution in [0, 0.1) is 0 Å². The van der Waals surface area contributed by atoms with Gasteiger partial charge in [-0.15, -0.1) is 0 Å². The number of hydrogen-bond acceptors (Lipinski definition) is 4. The molecule has 1 atom stereocenters. The molecule has 6 heteroatoms. The molecule has 0 saturated heterocycles. The summed E-state index contributed by atoms with van der Waals surface area (Å²) >= 11 is 0. The van der Waals surface area contributed by atoms with Crippen LogP contribution in [0.5, 0.6) is 0 Å². The standard InChI is InChI=1S/C13H19NO.C9H15NO3/c1-4-8-12(13(15)14(2)3)11-9-6-5-7-10-11;1-3-4-5-8(12)9(13)10-6-7(2)11/h5-7,9-10,12H,4,8H2,1-3H3;3-6H2,1-2H3,(H,10,13). The lowest BCUT2D eigenvalue weighted by molar-refractivity contribution is -0.138. The molecule has 0 fully saturated rings. The highest BCUT2D eigenvalue weighted by atomic mass is 16.2. The summed E-state index contributed by atoms with van der Waals surface area (Å²) in [4.78, 5) is 46.0. The smallest absolute Gasteiger partial charge is 0.287 e. The highest BCUT2D eigenvalue weighted by Crippen LogP contribution is 2.22. The Morgan fingerprint density at radius 2 is 1.61 bits per heavy atom. The number of likely N-dealkylation sites (N-methyl/N-ethyl adjacent to an activating group) is 1. The van der Waals surface area contributed by atoms with Crippen LogP contribution in [-0.4, -0.2) is 48.9 Å². The second-order valence-corrected chi connectivity index (χ2v) is 6.90. The van der Waals surface area contributed by atoms with E-state index < -0.39 is 11.7 Å². The minimum absolute atomic E-state index is 0.0196. The molecule has 0 aliphatic heterocycles. The summed E-state index contributed by atoms with van der Waals surface area (Å²) in [7, 11) is 3.63. The van der Waals surface area contributed by atoms with Crippen LogP contribution in [0.4, 0.5) is 0 Å². The molecule has 6 nitrogen and oxygen atoms in total. The quantitative estimate of drug-likeness (QED) is 0.622. The van der Waals surface area contributed by atoms with Crippen molar-refractivity contribution in [2.45, 2.75) is 58.8 Å². The molecule has 1 aromatic rings. The van der Waals surface area contributed by atoms with Gasteiger partial charge < -0.3 is 10.2 Å². The van der Waals surface area contributed by atoms with Crippen LogP contribution in [0.1, 0.15) is 64.4 Å². The average Bonchev–Trinajstić information content (AvgIpc) is 2.68. The van der Waals surface area contributed by atoms with Crippen molar-refractivity contribution in [1.29, 1.82) is 0 Å². The molecule has 1 unspecified atom stereocenters. The number of carbonyl (C=O) groups is 4. The molecule has 1 aromatic carbocycles. The molecule has 0 radical (unpaired) electrons. The van der Waals surface area contributed by atoms with E-state index in [2.05, 4.69) is 12.2 Å².